The van der Waals surface area contributed by atoms with Crippen LogP contribution in [-0.4, -0.2) is 18.1 Å². The first-order chi connectivity index (χ1) is 8.72. The minimum Gasteiger partial charge on any atom is -0.468 e. The van der Waals surface area contributed by atoms with Gasteiger partial charge in [0.15, 0.2) is 0 Å². The average Bonchev–Trinajstić information content (AvgIpc) is 2.41. The summed E-state index contributed by atoms with van der Waals surface area (Å²) in [6.07, 6.45) is 1.67. The highest BCUT2D eigenvalue weighted by atomic mass is 35.5. The van der Waals surface area contributed by atoms with Gasteiger partial charge in [0.2, 0.25) is 0 Å². The van der Waals surface area contributed by atoms with Crippen molar-refractivity contribution < 1.29 is 9.53 Å². The molecule has 18 heavy (non-hydrogen) atoms. The third-order valence-electron chi connectivity index (χ3n) is 2.43. The quantitative estimate of drug-likeness (QED) is 0.449. The lowest BCUT2D eigenvalue weighted by molar-refractivity contribution is -0.139. The van der Waals surface area contributed by atoms with E-state index in [9.17, 15) is 4.79 Å². The van der Waals surface area contributed by atoms with E-state index in [-0.39, 0.29) is 12.4 Å². The zero-order valence-corrected chi connectivity index (χ0v) is 10.5. The summed E-state index contributed by atoms with van der Waals surface area (Å²) in [4.78, 5) is 15.0. The van der Waals surface area contributed by atoms with E-state index in [4.69, 9.17) is 11.6 Å². The number of hydrogen-bond acceptors (Lipinski definition) is 3. The van der Waals surface area contributed by atoms with Crippen molar-refractivity contribution in [1.29, 1.82) is 0 Å². The van der Waals surface area contributed by atoms with Crippen molar-refractivity contribution in [3.8, 4) is 11.8 Å². The Bertz CT molecular complexity index is 656. The number of nitrogens with zero attached hydrogens (tertiary/aromatic N) is 1. The van der Waals surface area contributed by atoms with Crippen molar-refractivity contribution in [3.63, 3.8) is 0 Å². The van der Waals surface area contributed by atoms with E-state index in [1.54, 1.807) is 6.20 Å². The molecule has 0 fully saturated rings. The highest BCUT2D eigenvalue weighted by Gasteiger charge is 2.03. The van der Waals surface area contributed by atoms with Gasteiger partial charge in [0.25, 0.3) is 0 Å². The molecule has 4 heteroatoms. The van der Waals surface area contributed by atoms with Crippen LogP contribution in [0.3, 0.4) is 0 Å². The van der Waals surface area contributed by atoms with Crippen LogP contribution in [0.15, 0.2) is 30.5 Å². The Hall–Kier alpha value is -2.05. The first-order valence-corrected chi connectivity index (χ1v) is 5.69. The molecule has 1 aromatic heterocycles. The monoisotopic (exact) mass is 259 g/mol. The van der Waals surface area contributed by atoms with Gasteiger partial charge in [-0.25, -0.2) is 4.98 Å². The number of rotatable bonds is 1. The SMILES string of the molecule is COC(=O)CC#Cc1cnc(Cl)c2ccccc12. The largest absolute Gasteiger partial charge is 0.468 e. The minimum atomic E-state index is -0.353. The Balaban J connectivity index is 2.40. The lowest BCUT2D eigenvalue weighted by Crippen LogP contribution is -1.97. The van der Waals surface area contributed by atoms with Crippen LogP contribution in [0.5, 0.6) is 0 Å². The third-order valence-corrected chi connectivity index (χ3v) is 2.73. The molecule has 0 bridgehead atoms. The van der Waals surface area contributed by atoms with E-state index >= 15 is 0 Å². The van der Waals surface area contributed by atoms with Crippen LogP contribution >= 0.6 is 11.6 Å². The van der Waals surface area contributed by atoms with Gasteiger partial charge in [-0.3, -0.25) is 4.79 Å². The van der Waals surface area contributed by atoms with Crippen LogP contribution in [-0.2, 0) is 9.53 Å². The summed E-state index contributed by atoms with van der Waals surface area (Å²) < 4.78 is 4.52. The summed E-state index contributed by atoms with van der Waals surface area (Å²) in [5, 5.41) is 2.23. The maximum absolute atomic E-state index is 11.0. The second-order valence-electron chi connectivity index (χ2n) is 3.56. The van der Waals surface area contributed by atoms with Crippen molar-refractivity contribution >= 4 is 28.3 Å². The zero-order valence-electron chi connectivity index (χ0n) is 9.74. The maximum Gasteiger partial charge on any atom is 0.317 e. The van der Waals surface area contributed by atoms with E-state index in [1.165, 1.54) is 7.11 Å². The van der Waals surface area contributed by atoms with Gasteiger partial charge in [0, 0.05) is 17.0 Å². The number of esters is 1. The highest BCUT2D eigenvalue weighted by Crippen LogP contribution is 2.23. The summed E-state index contributed by atoms with van der Waals surface area (Å²) in [5.41, 5.74) is 0.749. The number of methoxy groups -OCH3 is 1. The van der Waals surface area contributed by atoms with Crippen LogP contribution in [0.25, 0.3) is 10.8 Å². The minimum absolute atomic E-state index is 0.0629. The molecule has 2 rings (SSSR count). The number of hydrogen-bond donors (Lipinski definition) is 0. The molecule has 1 heterocycles. The number of carbonyl (C=O) groups is 1. The van der Waals surface area contributed by atoms with Crippen LogP contribution < -0.4 is 0 Å². The molecule has 0 unspecified atom stereocenters. The third kappa shape index (κ3) is 2.61. The van der Waals surface area contributed by atoms with E-state index in [2.05, 4.69) is 21.6 Å². The molecule has 3 nitrogen and oxygen atoms in total. The van der Waals surface area contributed by atoms with Gasteiger partial charge in [-0.15, -0.1) is 0 Å². The highest BCUT2D eigenvalue weighted by molar-refractivity contribution is 6.34. The molecule has 2 aromatic rings. The maximum atomic E-state index is 11.0. The Labute approximate surface area is 110 Å². The van der Waals surface area contributed by atoms with E-state index in [1.807, 2.05) is 24.3 Å². The van der Waals surface area contributed by atoms with Crippen molar-refractivity contribution in [3.05, 3.63) is 41.2 Å². The Morgan fingerprint density at radius 2 is 2.11 bits per heavy atom. The van der Waals surface area contributed by atoms with Crippen molar-refractivity contribution in [2.24, 2.45) is 0 Å². The molecule has 0 saturated carbocycles. The second-order valence-corrected chi connectivity index (χ2v) is 3.92. The Kier molecular flexibility index (Phi) is 3.81. The first kappa shape index (κ1) is 12.4. The molecular weight excluding hydrogens is 250 g/mol. The fourth-order valence-corrected chi connectivity index (χ4v) is 1.76. The first-order valence-electron chi connectivity index (χ1n) is 5.31. The number of pyridine rings is 1. The molecular formula is C14H10ClNO2. The number of aromatic nitrogens is 1. The van der Waals surface area contributed by atoms with Crippen molar-refractivity contribution in [2.45, 2.75) is 6.42 Å². The molecule has 0 aliphatic rings. The summed E-state index contributed by atoms with van der Waals surface area (Å²) in [5.74, 6) is 5.31. The molecule has 1 aromatic carbocycles. The number of ether oxygens (including phenoxy) is 1. The number of benzene rings is 1. The Morgan fingerprint density at radius 3 is 2.83 bits per heavy atom. The molecule has 0 saturated heterocycles. The van der Waals surface area contributed by atoms with Gasteiger partial charge in [0.05, 0.1) is 12.7 Å². The molecule has 0 atom stereocenters. The molecule has 0 spiro atoms. The molecule has 0 aliphatic carbocycles. The van der Waals surface area contributed by atoms with Crippen LogP contribution in [0, 0.1) is 11.8 Å². The average molecular weight is 260 g/mol. The predicted octanol–water partition coefficient (Wildman–Crippen LogP) is 2.80. The summed E-state index contributed by atoms with van der Waals surface area (Å²) in [6, 6.07) is 7.60. The molecule has 0 aliphatic heterocycles. The molecule has 0 amide bonds. The van der Waals surface area contributed by atoms with Crippen molar-refractivity contribution in [1.82, 2.24) is 4.98 Å². The summed E-state index contributed by atoms with van der Waals surface area (Å²) >= 11 is 6.00. The lowest BCUT2D eigenvalue weighted by Gasteiger charge is -2.01. The van der Waals surface area contributed by atoms with Crippen LogP contribution in [0.1, 0.15) is 12.0 Å². The second kappa shape index (κ2) is 5.52. The summed E-state index contributed by atoms with van der Waals surface area (Å²) in [6.45, 7) is 0. The standard InChI is InChI=1S/C14H10ClNO2/c1-18-13(17)8-4-5-10-9-16-14(15)12-7-3-2-6-11(10)12/h2-3,6-7,9H,8H2,1H3. The fraction of sp³-hybridized carbons (Fsp3) is 0.143. The molecule has 90 valence electrons. The van der Waals surface area contributed by atoms with E-state index in [0.29, 0.717) is 5.15 Å². The number of fused-ring (bicyclic) bond motifs is 1. The topological polar surface area (TPSA) is 39.2 Å². The predicted molar refractivity (Wildman–Crippen MR) is 70.3 cm³/mol. The fourth-order valence-electron chi connectivity index (χ4n) is 1.54. The van der Waals surface area contributed by atoms with Crippen molar-refractivity contribution in [2.75, 3.05) is 7.11 Å². The number of carbonyl (C=O) groups excluding carboxylic acids is 1. The van der Waals surface area contributed by atoms with Crippen LogP contribution in [0.4, 0.5) is 0 Å². The van der Waals surface area contributed by atoms with Crippen LogP contribution in [0.2, 0.25) is 5.15 Å². The van der Waals surface area contributed by atoms with Gasteiger partial charge in [-0.2, -0.15) is 0 Å². The number of halogens is 1. The summed E-state index contributed by atoms with van der Waals surface area (Å²) in [7, 11) is 1.34. The van der Waals surface area contributed by atoms with Gasteiger partial charge in [0.1, 0.15) is 11.6 Å². The van der Waals surface area contributed by atoms with Gasteiger partial charge in [-0.1, -0.05) is 47.7 Å². The Morgan fingerprint density at radius 1 is 1.39 bits per heavy atom. The van der Waals surface area contributed by atoms with E-state index < -0.39 is 0 Å². The lowest BCUT2D eigenvalue weighted by atomic mass is 10.1. The smallest absolute Gasteiger partial charge is 0.317 e. The van der Waals surface area contributed by atoms with Gasteiger partial charge < -0.3 is 4.74 Å². The van der Waals surface area contributed by atoms with E-state index in [0.717, 1.165) is 16.3 Å². The zero-order chi connectivity index (χ0) is 13.0. The molecule has 0 N–H and O–H groups in total. The normalized spacial score (nSPS) is 9.67. The molecule has 0 radical (unpaired) electrons. The van der Waals surface area contributed by atoms with Gasteiger partial charge in [-0.05, 0) is 0 Å². The van der Waals surface area contributed by atoms with Gasteiger partial charge >= 0.3 is 5.97 Å².